The highest BCUT2D eigenvalue weighted by molar-refractivity contribution is 7.80. The molecule has 0 radical (unpaired) electrons. The molecule has 6 nitrogen and oxygen atoms in total. The van der Waals surface area contributed by atoms with Gasteiger partial charge in [0.05, 0.1) is 23.9 Å². The minimum absolute atomic E-state index is 0.247. The van der Waals surface area contributed by atoms with Crippen molar-refractivity contribution >= 4 is 46.2 Å². The molecule has 0 amide bonds. The number of methoxy groups -OCH3 is 1. The number of nitrogens with one attached hydrogen (secondary N) is 1. The lowest BCUT2D eigenvalue weighted by Crippen LogP contribution is -2.29. The van der Waals surface area contributed by atoms with Crippen LogP contribution in [0.25, 0.3) is 11.3 Å². The maximum Gasteiger partial charge on any atom is 0.174 e. The number of pyridine rings is 1. The average molecular weight is 589 g/mol. The van der Waals surface area contributed by atoms with Crippen LogP contribution in [0.15, 0.2) is 108 Å². The van der Waals surface area contributed by atoms with Crippen LogP contribution in [0.5, 0.6) is 17.2 Å². The van der Waals surface area contributed by atoms with E-state index in [4.69, 9.17) is 49.3 Å². The van der Waals surface area contributed by atoms with Crippen molar-refractivity contribution in [2.45, 2.75) is 12.1 Å². The largest absolute Gasteiger partial charge is 0.497 e. The first-order valence-corrected chi connectivity index (χ1v) is 13.6. The summed E-state index contributed by atoms with van der Waals surface area (Å²) in [6.45, 7) is 0. The van der Waals surface area contributed by atoms with Crippen LogP contribution in [-0.2, 0) is 0 Å². The third-order valence-corrected chi connectivity index (χ3v) is 7.49. The number of ether oxygens (including phenoxy) is 2. The molecule has 1 aliphatic heterocycles. The summed E-state index contributed by atoms with van der Waals surface area (Å²) in [5.74, 6) is 3.53. The molecule has 6 rings (SSSR count). The summed E-state index contributed by atoms with van der Waals surface area (Å²) in [6, 6.07) is 29.7. The molecule has 0 unspecified atom stereocenters. The quantitative estimate of drug-likeness (QED) is 0.191. The van der Waals surface area contributed by atoms with Crippen LogP contribution in [0.2, 0.25) is 10.0 Å². The number of hydrogen-bond donors (Lipinski definition) is 1. The fraction of sp³-hybridized carbons (Fsp3) is 0.0968. The number of halogens is 2. The molecule has 9 heteroatoms. The Labute approximate surface area is 247 Å². The Morgan fingerprint density at radius 2 is 1.60 bits per heavy atom. The van der Waals surface area contributed by atoms with E-state index in [1.165, 1.54) is 0 Å². The van der Waals surface area contributed by atoms with E-state index in [1.54, 1.807) is 25.4 Å². The monoisotopic (exact) mass is 587 g/mol. The fourth-order valence-corrected chi connectivity index (χ4v) is 5.57. The summed E-state index contributed by atoms with van der Waals surface area (Å²) in [4.78, 5) is 6.65. The van der Waals surface area contributed by atoms with E-state index in [1.807, 2.05) is 89.8 Å². The summed E-state index contributed by atoms with van der Waals surface area (Å²) < 4.78 is 17.7. The molecule has 3 aromatic carbocycles. The van der Waals surface area contributed by atoms with E-state index in [-0.39, 0.29) is 12.1 Å². The second-order valence-electron chi connectivity index (χ2n) is 9.09. The van der Waals surface area contributed by atoms with Crippen LogP contribution in [-0.4, -0.2) is 17.2 Å². The van der Waals surface area contributed by atoms with Gasteiger partial charge in [-0.05, 0) is 103 Å². The molecule has 3 heterocycles. The predicted molar refractivity (Wildman–Crippen MR) is 162 cm³/mol. The average Bonchev–Trinajstić information content (AvgIpc) is 3.59. The Kier molecular flexibility index (Phi) is 7.34. The molecule has 40 heavy (non-hydrogen) atoms. The predicted octanol–water partition coefficient (Wildman–Crippen LogP) is 8.63. The molecule has 200 valence electrons. The van der Waals surface area contributed by atoms with E-state index < -0.39 is 0 Å². The van der Waals surface area contributed by atoms with Crippen LogP contribution >= 0.6 is 35.4 Å². The van der Waals surface area contributed by atoms with Gasteiger partial charge in [0.15, 0.2) is 5.11 Å². The minimum atomic E-state index is -0.310. The SMILES string of the molecule is COc1ccc(Oc2ccc(N3C(=S)N[C@@H](c4ccccn4)[C@@H]3c3ccc(-c4ccc(Cl)cc4Cl)o3)cc2)cc1. The Hall–Kier alpha value is -4.04. The third-order valence-electron chi connectivity index (χ3n) is 6.62. The molecule has 2 atom stereocenters. The zero-order valence-electron chi connectivity index (χ0n) is 21.3. The van der Waals surface area contributed by atoms with Crippen LogP contribution in [0, 0.1) is 0 Å². The number of nitrogens with zero attached hydrogens (tertiary/aromatic N) is 2. The highest BCUT2D eigenvalue weighted by Gasteiger charge is 2.42. The zero-order valence-corrected chi connectivity index (χ0v) is 23.6. The van der Waals surface area contributed by atoms with Gasteiger partial charge in [0.25, 0.3) is 0 Å². The van der Waals surface area contributed by atoms with Crippen molar-refractivity contribution in [2.24, 2.45) is 0 Å². The minimum Gasteiger partial charge on any atom is -0.497 e. The van der Waals surface area contributed by atoms with Gasteiger partial charge in [-0.3, -0.25) is 4.98 Å². The van der Waals surface area contributed by atoms with E-state index in [0.717, 1.165) is 22.7 Å². The van der Waals surface area contributed by atoms with E-state index >= 15 is 0 Å². The summed E-state index contributed by atoms with van der Waals surface area (Å²) in [7, 11) is 1.63. The summed E-state index contributed by atoms with van der Waals surface area (Å²) >= 11 is 18.4. The topological polar surface area (TPSA) is 59.8 Å². The number of rotatable bonds is 7. The standard InChI is InChI=1S/C31H23Cl2N3O3S/c1-37-21-10-12-23(13-11-21)38-22-8-6-20(7-9-22)36-30(29(35-31(36)40)26-4-2-3-17-34-26)28-16-15-27(39-28)24-14-5-19(32)18-25(24)33/h2-18,29-30H,1H3,(H,35,40)/t29-,30-/m0/s1. The van der Waals surface area contributed by atoms with Crippen LogP contribution in [0.1, 0.15) is 23.5 Å². The van der Waals surface area contributed by atoms with Crippen LogP contribution < -0.4 is 19.7 Å². The number of aromatic nitrogens is 1. The van der Waals surface area contributed by atoms with Crippen molar-refractivity contribution in [3.8, 4) is 28.6 Å². The first-order chi connectivity index (χ1) is 19.5. The Bertz CT molecular complexity index is 1640. The molecule has 1 aliphatic rings. The molecule has 1 N–H and O–H groups in total. The second-order valence-corrected chi connectivity index (χ2v) is 10.3. The summed E-state index contributed by atoms with van der Waals surface area (Å²) in [5.41, 5.74) is 2.48. The molecule has 1 fully saturated rings. The van der Waals surface area contributed by atoms with Crippen molar-refractivity contribution in [1.82, 2.24) is 10.3 Å². The second kappa shape index (κ2) is 11.2. The van der Waals surface area contributed by atoms with Crippen molar-refractivity contribution in [2.75, 3.05) is 12.0 Å². The highest BCUT2D eigenvalue weighted by Crippen LogP contribution is 2.44. The maximum absolute atomic E-state index is 6.48. The van der Waals surface area contributed by atoms with Gasteiger partial charge in [0.1, 0.15) is 34.8 Å². The van der Waals surface area contributed by atoms with Gasteiger partial charge < -0.3 is 24.1 Å². The van der Waals surface area contributed by atoms with Gasteiger partial charge in [0.2, 0.25) is 0 Å². The van der Waals surface area contributed by atoms with Crippen molar-refractivity contribution in [3.63, 3.8) is 0 Å². The van der Waals surface area contributed by atoms with Crippen molar-refractivity contribution < 1.29 is 13.9 Å². The van der Waals surface area contributed by atoms with Crippen LogP contribution in [0.4, 0.5) is 5.69 Å². The molecular formula is C31H23Cl2N3O3S. The summed E-state index contributed by atoms with van der Waals surface area (Å²) in [5, 5.41) is 5.09. The van der Waals surface area contributed by atoms with Crippen LogP contribution in [0.3, 0.4) is 0 Å². The molecule has 1 saturated heterocycles. The summed E-state index contributed by atoms with van der Waals surface area (Å²) in [6.07, 6.45) is 1.77. The van der Waals surface area contributed by atoms with E-state index in [0.29, 0.717) is 38.2 Å². The van der Waals surface area contributed by atoms with Crippen molar-refractivity contribution in [1.29, 1.82) is 0 Å². The van der Waals surface area contributed by atoms with E-state index in [2.05, 4.69) is 10.3 Å². The van der Waals surface area contributed by atoms with Gasteiger partial charge in [-0.1, -0.05) is 29.3 Å². The number of furan rings is 1. The molecule has 0 bridgehead atoms. The lowest BCUT2D eigenvalue weighted by atomic mass is 10.0. The zero-order chi connectivity index (χ0) is 27.6. The molecule has 0 saturated carbocycles. The molecular weight excluding hydrogens is 565 g/mol. The maximum atomic E-state index is 6.48. The first kappa shape index (κ1) is 26.2. The highest BCUT2D eigenvalue weighted by atomic mass is 35.5. The molecule has 2 aromatic heterocycles. The lowest BCUT2D eigenvalue weighted by Gasteiger charge is -2.26. The normalized spacial score (nSPS) is 16.6. The van der Waals surface area contributed by atoms with Crippen molar-refractivity contribution in [3.05, 3.63) is 125 Å². The van der Waals surface area contributed by atoms with Gasteiger partial charge >= 0.3 is 0 Å². The number of hydrogen-bond acceptors (Lipinski definition) is 5. The lowest BCUT2D eigenvalue weighted by molar-refractivity contribution is 0.413. The Balaban J connectivity index is 1.33. The van der Waals surface area contributed by atoms with E-state index in [9.17, 15) is 0 Å². The van der Waals surface area contributed by atoms with Gasteiger partial charge in [-0.2, -0.15) is 0 Å². The Morgan fingerprint density at radius 3 is 2.27 bits per heavy atom. The molecule has 0 spiro atoms. The number of benzene rings is 3. The number of anilines is 1. The number of thiocarbonyl (C=S) groups is 1. The first-order valence-electron chi connectivity index (χ1n) is 12.5. The van der Waals surface area contributed by atoms with Gasteiger partial charge in [-0.15, -0.1) is 0 Å². The fourth-order valence-electron chi connectivity index (χ4n) is 4.72. The van der Waals surface area contributed by atoms with Gasteiger partial charge in [0, 0.05) is 22.5 Å². The molecule has 0 aliphatic carbocycles. The third kappa shape index (κ3) is 5.23. The smallest absolute Gasteiger partial charge is 0.174 e. The van der Waals surface area contributed by atoms with Gasteiger partial charge in [-0.25, -0.2) is 0 Å². The molecule has 5 aromatic rings. The Morgan fingerprint density at radius 1 is 0.875 bits per heavy atom.